The number of aryl methyl sites for hydroxylation is 2. The van der Waals surface area contributed by atoms with Crippen LogP contribution in [0.4, 0.5) is 0 Å². The molecule has 0 radical (unpaired) electrons. The van der Waals surface area contributed by atoms with Crippen molar-refractivity contribution in [3.8, 4) is 0 Å². The average Bonchev–Trinajstić information content (AvgIpc) is 3.05. The van der Waals surface area contributed by atoms with Gasteiger partial charge in [-0.1, -0.05) is 44.9 Å². The van der Waals surface area contributed by atoms with E-state index in [9.17, 15) is 9.59 Å². The van der Waals surface area contributed by atoms with Crippen LogP contribution in [0, 0.1) is 0 Å². The van der Waals surface area contributed by atoms with Gasteiger partial charge in [-0.25, -0.2) is 4.98 Å². The van der Waals surface area contributed by atoms with E-state index in [1.165, 1.54) is 62.0 Å². The lowest BCUT2D eigenvalue weighted by atomic mass is 9.99. The minimum atomic E-state index is -0.227. The van der Waals surface area contributed by atoms with Crippen molar-refractivity contribution in [2.75, 3.05) is 0 Å². The van der Waals surface area contributed by atoms with Crippen LogP contribution < -0.4 is 5.56 Å². The molecule has 0 N–H and O–H groups in total. The molecule has 0 saturated heterocycles. The molecule has 0 bridgehead atoms. The first-order chi connectivity index (χ1) is 13.6. The standard InChI is InChI=1S/C21H32N4O3/c1-24-20-18(15-23-24)21(27)25(16-22-20)14-13-19(26)28-17-11-9-7-5-3-2-4-6-8-10-12-17/h15-17H,2-14H2,1H3. The Morgan fingerprint density at radius 2 is 1.68 bits per heavy atom. The van der Waals surface area contributed by atoms with Gasteiger partial charge in [0.1, 0.15) is 11.5 Å². The number of fused-ring (bicyclic) bond motifs is 1. The molecule has 1 aliphatic rings. The van der Waals surface area contributed by atoms with E-state index >= 15 is 0 Å². The van der Waals surface area contributed by atoms with E-state index in [4.69, 9.17) is 4.74 Å². The Morgan fingerprint density at radius 1 is 1.07 bits per heavy atom. The Balaban J connectivity index is 1.52. The zero-order chi connectivity index (χ0) is 19.8. The fourth-order valence-electron chi connectivity index (χ4n) is 3.93. The van der Waals surface area contributed by atoms with Crippen LogP contribution in [-0.2, 0) is 23.1 Å². The number of carbonyl (C=O) groups excluding carboxylic acids is 1. The fraction of sp³-hybridized carbons (Fsp3) is 0.714. The SMILES string of the molecule is Cn1ncc2c(=O)n(CCC(=O)OC3CCCCCCCCCCC3)cnc21. The van der Waals surface area contributed by atoms with Gasteiger partial charge in [0.05, 0.1) is 18.9 Å². The maximum atomic E-state index is 12.5. The minimum absolute atomic E-state index is 0.0163. The Kier molecular flexibility index (Phi) is 7.62. The summed E-state index contributed by atoms with van der Waals surface area (Å²) in [5, 5.41) is 4.53. The van der Waals surface area contributed by atoms with Gasteiger partial charge in [0.25, 0.3) is 5.56 Å². The van der Waals surface area contributed by atoms with E-state index in [0.29, 0.717) is 11.0 Å². The smallest absolute Gasteiger partial charge is 0.307 e. The van der Waals surface area contributed by atoms with Gasteiger partial charge < -0.3 is 4.74 Å². The van der Waals surface area contributed by atoms with Gasteiger partial charge in [0.2, 0.25) is 0 Å². The molecular formula is C21H32N4O3. The summed E-state index contributed by atoms with van der Waals surface area (Å²) in [6, 6.07) is 0. The number of carbonyl (C=O) groups is 1. The molecule has 7 nitrogen and oxygen atoms in total. The van der Waals surface area contributed by atoms with Crippen molar-refractivity contribution in [1.29, 1.82) is 0 Å². The molecule has 2 aromatic rings. The van der Waals surface area contributed by atoms with Crippen molar-refractivity contribution in [2.45, 2.75) is 89.7 Å². The summed E-state index contributed by atoms with van der Waals surface area (Å²) >= 11 is 0. The van der Waals surface area contributed by atoms with Crippen LogP contribution in [-0.4, -0.2) is 31.4 Å². The summed E-state index contributed by atoms with van der Waals surface area (Å²) in [4.78, 5) is 29.1. The summed E-state index contributed by atoms with van der Waals surface area (Å²) in [6.07, 6.45) is 16.4. The van der Waals surface area contributed by atoms with Crippen LogP contribution in [0.2, 0.25) is 0 Å². The normalized spacial score (nSPS) is 17.8. The van der Waals surface area contributed by atoms with Gasteiger partial charge in [-0.15, -0.1) is 0 Å². The van der Waals surface area contributed by atoms with Crippen LogP contribution >= 0.6 is 0 Å². The molecule has 2 heterocycles. The molecular weight excluding hydrogens is 356 g/mol. The van der Waals surface area contributed by atoms with E-state index in [0.717, 1.165) is 25.7 Å². The number of aromatic nitrogens is 4. The molecule has 3 rings (SSSR count). The number of rotatable bonds is 4. The summed E-state index contributed by atoms with van der Waals surface area (Å²) in [5.74, 6) is -0.227. The number of hydrogen-bond acceptors (Lipinski definition) is 5. The highest BCUT2D eigenvalue weighted by atomic mass is 16.5. The highest BCUT2D eigenvalue weighted by Crippen LogP contribution is 2.19. The van der Waals surface area contributed by atoms with Gasteiger partial charge in [-0.3, -0.25) is 18.8 Å². The molecule has 0 spiro atoms. The van der Waals surface area contributed by atoms with E-state index in [1.54, 1.807) is 11.7 Å². The molecule has 0 aromatic carbocycles. The monoisotopic (exact) mass is 388 g/mol. The number of hydrogen-bond donors (Lipinski definition) is 0. The lowest BCUT2D eigenvalue weighted by Gasteiger charge is -2.19. The van der Waals surface area contributed by atoms with E-state index in [1.807, 2.05) is 0 Å². The second-order valence-corrected chi connectivity index (χ2v) is 7.87. The quantitative estimate of drug-likeness (QED) is 0.746. The number of esters is 1. The van der Waals surface area contributed by atoms with E-state index in [2.05, 4.69) is 10.1 Å². The zero-order valence-corrected chi connectivity index (χ0v) is 16.9. The lowest BCUT2D eigenvalue weighted by molar-refractivity contribution is -0.150. The summed E-state index contributed by atoms with van der Waals surface area (Å²) < 4.78 is 8.79. The second kappa shape index (κ2) is 10.4. The average molecular weight is 389 g/mol. The van der Waals surface area contributed by atoms with Crippen molar-refractivity contribution < 1.29 is 9.53 Å². The van der Waals surface area contributed by atoms with Gasteiger partial charge in [0, 0.05) is 13.6 Å². The maximum absolute atomic E-state index is 12.5. The highest BCUT2D eigenvalue weighted by Gasteiger charge is 2.16. The minimum Gasteiger partial charge on any atom is -0.462 e. The first-order valence-corrected chi connectivity index (χ1v) is 10.7. The van der Waals surface area contributed by atoms with E-state index < -0.39 is 0 Å². The van der Waals surface area contributed by atoms with Crippen molar-refractivity contribution in [3.05, 3.63) is 22.9 Å². The predicted molar refractivity (Wildman–Crippen MR) is 108 cm³/mol. The molecule has 1 aliphatic carbocycles. The van der Waals surface area contributed by atoms with Crippen LogP contribution in [0.1, 0.15) is 77.0 Å². The molecule has 0 aliphatic heterocycles. The fourth-order valence-corrected chi connectivity index (χ4v) is 3.93. The first kappa shape index (κ1) is 20.6. The number of ether oxygens (including phenoxy) is 1. The molecule has 2 aromatic heterocycles. The molecule has 0 unspecified atom stereocenters. The summed E-state index contributed by atoms with van der Waals surface area (Å²) in [6.45, 7) is 0.280. The zero-order valence-electron chi connectivity index (χ0n) is 16.9. The Bertz CT molecular complexity index is 815. The van der Waals surface area contributed by atoms with Gasteiger partial charge in [0.15, 0.2) is 5.65 Å². The van der Waals surface area contributed by atoms with Crippen molar-refractivity contribution in [3.63, 3.8) is 0 Å². The van der Waals surface area contributed by atoms with Crippen LogP contribution in [0.5, 0.6) is 0 Å². The Hall–Kier alpha value is -2.18. The predicted octanol–water partition coefficient (Wildman–Crippen LogP) is 3.74. The molecule has 0 amide bonds. The van der Waals surface area contributed by atoms with Gasteiger partial charge in [-0.2, -0.15) is 5.10 Å². The van der Waals surface area contributed by atoms with Crippen LogP contribution in [0.25, 0.3) is 11.0 Å². The molecule has 154 valence electrons. The summed E-state index contributed by atoms with van der Waals surface area (Å²) in [5.41, 5.74) is 0.383. The Labute approximate surface area is 166 Å². The van der Waals surface area contributed by atoms with Gasteiger partial charge >= 0.3 is 5.97 Å². The van der Waals surface area contributed by atoms with Crippen LogP contribution in [0.3, 0.4) is 0 Å². The maximum Gasteiger partial charge on any atom is 0.307 e. The highest BCUT2D eigenvalue weighted by molar-refractivity contribution is 5.73. The third-order valence-corrected chi connectivity index (χ3v) is 5.63. The number of nitrogens with zero attached hydrogens (tertiary/aromatic N) is 4. The topological polar surface area (TPSA) is 79.0 Å². The van der Waals surface area contributed by atoms with Crippen molar-refractivity contribution >= 4 is 17.0 Å². The first-order valence-electron chi connectivity index (χ1n) is 10.7. The van der Waals surface area contributed by atoms with Crippen LogP contribution in [0.15, 0.2) is 17.3 Å². The molecule has 1 fully saturated rings. The lowest BCUT2D eigenvalue weighted by Crippen LogP contribution is -2.24. The molecule has 0 atom stereocenters. The van der Waals surface area contributed by atoms with E-state index in [-0.39, 0.29) is 30.6 Å². The van der Waals surface area contributed by atoms with Crippen molar-refractivity contribution in [2.24, 2.45) is 7.05 Å². The molecule has 28 heavy (non-hydrogen) atoms. The second-order valence-electron chi connectivity index (χ2n) is 7.87. The Morgan fingerprint density at radius 3 is 2.32 bits per heavy atom. The van der Waals surface area contributed by atoms with Crippen molar-refractivity contribution in [1.82, 2.24) is 19.3 Å². The largest absolute Gasteiger partial charge is 0.462 e. The third kappa shape index (κ3) is 5.66. The van der Waals surface area contributed by atoms with Gasteiger partial charge in [-0.05, 0) is 25.7 Å². The summed E-state index contributed by atoms with van der Waals surface area (Å²) in [7, 11) is 1.75. The third-order valence-electron chi connectivity index (χ3n) is 5.63. The molecule has 7 heteroatoms. The molecule has 1 saturated carbocycles.